The lowest BCUT2D eigenvalue weighted by Gasteiger charge is -2.10. The first-order valence-electron chi connectivity index (χ1n) is 10.0. The Labute approximate surface area is 190 Å². The van der Waals surface area contributed by atoms with Gasteiger partial charge in [-0.05, 0) is 35.4 Å². The van der Waals surface area contributed by atoms with Crippen molar-refractivity contribution in [2.45, 2.75) is 0 Å². The standard InChI is InChI=1S/C26H19N3O4/c1-32-25(30)22-23(28-29(24(22)26(31)33-2)19-11-4-3-5-12-19)21-14-7-6-13-20(21)18-10-8-9-17(15-18)16-27/h3-15H,1-2H3. The van der Waals surface area contributed by atoms with Crippen molar-refractivity contribution in [2.24, 2.45) is 0 Å². The number of esters is 2. The van der Waals surface area contributed by atoms with Gasteiger partial charge in [-0.3, -0.25) is 0 Å². The van der Waals surface area contributed by atoms with Crippen LogP contribution in [0.2, 0.25) is 0 Å². The summed E-state index contributed by atoms with van der Waals surface area (Å²) in [5, 5.41) is 14.0. The van der Waals surface area contributed by atoms with Crippen LogP contribution in [-0.4, -0.2) is 35.9 Å². The highest BCUT2D eigenvalue weighted by molar-refractivity contribution is 6.08. The molecule has 0 saturated heterocycles. The molecule has 7 nitrogen and oxygen atoms in total. The smallest absolute Gasteiger partial charge is 0.357 e. The Bertz CT molecular complexity index is 1380. The van der Waals surface area contributed by atoms with Gasteiger partial charge in [-0.2, -0.15) is 10.4 Å². The zero-order valence-electron chi connectivity index (χ0n) is 18.0. The van der Waals surface area contributed by atoms with Crippen LogP contribution in [0.5, 0.6) is 0 Å². The van der Waals surface area contributed by atoms with Crippen LogP contribution in [0.25, 0.3) is 28.1 Å². The van der Waals surface area contributed by atoms with Gasteiger partial charge in [-0.1, -0.05) is 54.6 Å². The van der Waals surface area contributed by atoms with E-state index in [4.69, 9.17) is 9.47 Å². The molecule has 0 spiro atoms. The summed E-state index contributed by atoms with van der Waals surface area (Å²) < 4.78 is 11.4. The summed E-state index contributed by atoms with van der Waals surface area (Å²) in [6.07, 6.45) is 0. The zero-order chi connectivity index (χ0) is 23.4. The largest absolute Gasteiger partial charge is 0.465 e. The average molecular weight is 437 g/mol. The van der Waals surface area contributed by atoms with Crippen molar-refractivity contribution in [3.8, 4) is 34.1 Å². The summed E-state index contributed by atoms with van der Waals surface area (Å²) in [5.41, 5.74) is 3.43. The van der Waals surface area contributed by atoms with Crippen molar-refractivity contribution < 1.29 is 19.1 Å². The molecule has 3 aromatic carbocycles. The van der Waals surface area contributed by atoms with E-state index in [9.17, 15) is 14.9 Å². The number of methoxy groups -OCH3 is 2. The van der Waals surface area contributed by atoms with E-state index in [1.807, 2.05) is 30.3 Å². The molecule has 4 aromatic rings. The summed E-state index contributed by atoms with van der Waals surface area (Å²) in [6, 6.07) is 25.6. The van der Waals surface area contributed by atoms with Gasteiger partial charge in [-0.15, -0.1) is 0 Å². The molecule has 0 atom stereocenters. The first kappa shape index (κ1) is 21.5. The molecule has 1 heterocycles. The number of rotatable bonds is 5. The highest BCUT2D eigenvalue weighted by Gasteiger charge is 2.32. The molecule has 0 radical (unpaired) electrons. The number of hydrogen-bond acceptors (Lipinski definition) is 6. The van der Waals surface area contributed by atoms with Crippen molar-refractivity contribution in [3.05, 3.63) is 95.7 Å². The van der Waals surface area contributed by atoms with Crippen molar-refractivity contribution >= 4 is 11.9 Å². The number of para-hydroxylation sites is 1. The van der Waals surface area contributed by atoms with Crippen LogP contribution in [-0.2, 0) is 9.47 Å². The SMILES string of the molecule is COC(=O)c1c(-c2ccccc2-c2cccc(C#N)c2)nn(-c2ccccc2)c1C(=O)OC. The Morgan fingerprint density at radius 2 is 1.52 bits per heavy atom. The monoisotopic (exact) mass is 437 g/mol. The fourth-order valence-corrected chi connectivity index (χ4v) is 3.64. The van der Waals surface area contributed by atoms with E-state index >= 15 is 0 Å². The number of carbonyl (C=O) groups is 2. The minimum Gasteiger partial charge on any atom is -0.465 e. The van der Waals surface area contributed by atoms with Gasteiger partial charge in [0.05, 0.1) is 31.5 Å². The first-order chi connectivity index (χ1) is 16.1. The molecule has 7 heteroatoms. The van der Waals surface area contributed by atoms with Gasteiger partial charge >= 0.3 is 11.9 Å². The van der Waals surface area contributed by atoms with Crippen LogP contribution in [0, 0.1) is 11.3 Å². The number of hydrogen-bond donors (Lipinski definition) is 0. The quantitative estimate of drug-likeness (QED) is 0.422. The number of carbonyl (C=O) groups excluding carboxylic acids is 2. The highest BCUT2D eigenvalue weighted by atomic mass is 16.5. The molecule has 0 saturated carbocycles. The van der Waals surface area contributed by atoms with Gasteiger partial charge < -0.3 is 9.47 Å². The van der Waals surface area contributed by atoms with Crippen molar-refractivity contribution in [2.75, 3.05) is 14.2 Å². The number of ether oxygens (including phenoxy) is 2. The minimum atomic E-state index is -0.720. The fourth-order valence-electron chi connectivity index (χ4n) is 3.64. The highest BCUT2D eigenvalue weighted by Crippen LogP contribution is 2.36. The number of nitriles is 1. The molecule has 0 fully saturated rings. The molecular weight excluding hydrogens is 418 g/mol. The third-order valence-electron chi connectivity index (χ3n) is 5.14. The molecule has 33 heavy (non-hydrogen) atoms. The Morgan fingerprint density at radius 1 is 0.848 bits per heavy atom. The van der Waals surface area contributed by atoms with E-state index in [-0.39, 0.29) is 17.0 Å². The third kappa shape index (κ3) is 3.98. The zero-order valence-corrected chi connectivity index (χ0v) is 18.0. The van der Waals surface area contributed by atoms with Crippen LogP contribution >= 0.6 is 0 Å². The van der Waals surface area contributed by atoms with Gasteiger partial charge in [0.25, 0.3) is 0 Å². The van der Waals surface area contributed by atoms with Crippen LogP contribution < -0.4 is 0 Å². The van der Waals surface area contributed by atoms with E-state index in [2.05, 4.69) is 11.2 Å². The second-order valence-electron chi connectivity index (χ2n) is 7.04. The maximum absolute atomic E-state index is 12.9. The molecular formula is C26H19N3O4. The van der Waals surface area contributed by atoms with Crippen LogP contribution in [0.1, 0.15) is 26.4 Å². The number of aromatic nitrogens is 2. The lowest BCUT2D eigenvalue weighted by Crippen LogP contribution is -2.15. The van der Waals surface area contributed by atoms with Gasteiger partial charge in [0, 0.05) is 5.56 Å². The Hall–Kier alpha value is -4.70. The minimum absolute atomic E-state index is 0.00269. The predicted molar refractivity (Wildman–Crippen MR) is 122 cm³/mol. The molecule has 0 aliphatic rings. The molecule has 1 aromatic heterocycles. The predicted octanol–water partition coefficient (Wildman–Crippen LogP) is 4.65. The van der Waals surface area contributed by atoms with Crippen LogP contribution in [0.15, 0.2) is 78.9 Å². The van der Waals surface area contributed by atoms with E-state index < -0.39 is 11.9 Å². The first-order valence-corrected chi connectivity index (χ1v) is 10.0. The topological polar surface area (TPSA) is 94.2 Å². The Balaban J connectivity index is 2.05. The second-order valence-corrected chi connectivity index (χ2v) is 7.04. The fraction of sp³-hybridized carbons (Fsp3) is 0.0769. The van der Waals surface area contributed by atoms with Gasteiger partial charge in [0.1, 0.15) is 11.3 Å². The van der Waals surface area contributed by atoms with Crippen LogP contribution in [0.3, 0.4) is 0 Å². The van der Waals surface area contributed by atoms with Crippen molar-refractivity contribution in [3.63, 3.8) is 0 Å². The van der Waals surface area contributed by atoms with E-state index in [1.54, 1.807) is 48.5 Å². The van der Waals surface area contributed by atoms with Gasteiger partial charge in [0.15, 0.2) is 5.69 Å². The Morgan fingerprint density at radius 3 is 2.18 bits per heavy atom. The molecule has 0 aliphatic heterocycles. The van der Waals surface area contributed by atoms with Gasteiger partial charge in [-0.25, -0.2) is 14.3 Å². The summed E-state index contributed by atoms with van der Waals surface area (Å²) in [4.78, 5) is 25.7. The Kier molecular flexibility index (Phi) is 6.00. The molecule has 0 unspecified atom stereocenters. The summed E-state index contributed by atoms with van der Waals surface area (Å²) in [6.45, 7) is 0. The normalized spacial score (nSPS) is 10.3. The molecule has 0 aliphatic carbocycles. The van der Waals surface area contributed by atoms with E-state index in [0.29, 0.717) is 16.8 Å². The lowest BCUT2D eigenvalue weighted by molar-refractivity contribution is 0.0549. The third-order valence-corrected chi connectivity index (χ3v) is 5.14. The molecule has 0 N–H and O–H groups in total. The van der Waals surface area contributed by atoms with Crippen molar-refractivity contribution in [1.82, 2.24) is 9.78 Å². The second kappa shape index (κ2) is 9.20. The summed E-state index contributed by atoms with van der Waals surface area (Å²) >= 11 is 0. The number of benzene rings is 3. The van der Waals surface area contributed by atoms with Crippen molar-refractivity contribution in [1.29, 1.82) is 5.26 Å². The maximum atomic E-state index is 12.9. The summed E-state index contributed by atoms with van der Waals surface area (Å²) in [7, 11) is 2.49. The molecule has 4 rings (SSSR count). The van der Waals surface area contributed by atoms with E-state index in [1.165, 1.54) is 18.9 Å². The molecule has 0 amide bonds. The lowest BCUT2D eigenvalue weighted by atomic mass is 9.94. The van der Waals surface area contributed by atoms with E-state index in [0.717, 1.165) is 11.1 Å². The number of nitrogens with zero attached hydrogens (tertiary/aromatic N) is 3. The van der Waals surface area contributed by atoms with Gasteiger partial charge in [0.2, 0.25) is 0 Å². The summed E-state index contributed by atoms with van der Waals surface area (Å²) in [5.74, 6) is -1.44. The van der Waals surface area contributed by atoms with Crippen LogP contribution in [0.4, 0.5) is 0 Å². The molecule has 0 bridgehead atoms. The maximum Gasteiger partial charge on any atom is 0.357 e. The molecule has 162 valence electrons. The average Bonchev–Trinajstić information content (AvgIpc) is 3.29.